The van der Waals surface area contributed by atoms with Gasteiger partial charge in [-0.1, -0.05) is 13.8 Å². The van der Waals surface area contributed by atoms with Crippen molar-refractivity contribution >= 4 is 40.5 Å². The van der Waals surface area contributed by atoms with E-state index in [0.717, 1.165) is 43.0 Å². The molecule has 2 aliphatic rings. The summed E-state index contributed by atoms with van der Waals surface area (Å²) in [6.07, 6.45) is 1.58. The van der Waals surface area contributed by atoms with Crippen molar-refractivity contribution in [3.8, 4) is 5.75 Å². The minimum atomic E-state index is -0.870. The van der Waals surface area contributed by atoms with Gasteiger partial charge in [0.1, 0.15) is 11.4 Å². The molecule has 1 aliphatic carbocycles. The van der Waals surface area contributed by atoms with E-state index in [1.165, 1.54) is 0 Å². The monoisotopic (exact) mass is 403 g/mol. The molecule has 2 unspecified atom stereocenters. The van der Waals surface area contributed by atoms with Gasteiger partial charge in [-0.15, -0.1) is 11.8 Å². The molecule has 0 radical (unpaired) electrons. The zero-order chi connectivity index (χ0) is 20.5. The summed E-state index contributed by atoms with van der Waals surface area (Å²) in [6, 6.07) is 4.95. The quantitative estimate of drug-likeness (QED) is 0.772. The fourth-order valence-electron chi connectivity index (χ4n) is 3.92. The maximum Gasteiger partial charge on any atom is 0.329 e. The van der Waals surface area contributed by atoms with Crippen molar-refractivity contribution in [3.05, 3.63) is 18.2 Å². The molecule has 1 heterocycles. The molecule has 7 heteroatoms. The average molecular weight is 404 g/mol. The first-order chi connectivity index (χ1) is 13.2. The summed E-state index contributed by atoms with van der Waals surface area (Å²) < 4.78 is 0. The number of carboxylic acid groups (broad SMARTS) is 1. The van der Waals surface area contributed by atoms with Crippen LogP contribution in [-0.4, -0.2) is 57.7 Å². The summed E-state index contributed by atoms with van der Waals surface area (Å²) in [5.74, 6) is -0.247. The van der Waals surface area contributed by atoms with Crippen molar-refractivity contribution in [1.82, 2.24) is 0 Å². The van der Waals surface area contributed by atoms with Crippen LogP contribution in [0.4, 0.5) is 11.4 Å². The van der Waals surface area contributed by atoms with Crippen LogP contribution in [0.2, 0.25) is 0 Å². The fraction of sp³-hybridized carbons (Fsp3) is 0.571. The largest absolute Gasteiger partial charge is 0.506 e. The van der Waals surface area contributed by atoms with Gasteiger partial charge in [0.25, 0.3) is 0 Å². The Labute approximate surface area is 170 Å². The molecule has 1 aliphatic heterocycles. The van der Waals surface area contributed by atoms with E-state index in [0.29, 0.717) is 11.4 Å². The van der Waals surface area contributed by atoms with Crippen molar-refractivity contribution in [2.75, 3.05) is 23.7 Å². The number of aliphatic imine (C=N–C) groups is 2. The van der Waals surface area contributed by atoms with Crippen LogP contribution in [0.3, 0.4) is 0 Å². The standard InChI is InChI=1S/C21H29N3O3S/c1-5-24(6-2)13-7-8-14(18(25)9-13)22-15-10-21(3,4)11-16-19(15)28-12-17(23-16)20(26)27/h7-9,17,19,25H,5-6,10-12H2,1-4H3,(H,26,27). The van der Waals surface area contributed by atoms with Crippen LogP contribution in [-0.2, 0) is 4.79 Å². The van der Waals surface area contributed by atoms with Gasteiger partial charge in [-0.2, -0.15) is 0 Å². The lowest BCUT2D eigenvalue weighted by molar-refractivity contribution is -0.137. The topological polar surface area (TPSA) is 85.5 Å². The Hall–Kier alpha value is -2.02. The number of aromatic hydroxyl groups is 1. The molecule has 2 N–H and O–H groups in total. The number of hydrogen-bond donors (Lipinski definition) is 2. The van der Waals surface area contributed by atoms with Gasteiger partial charge < -0.3 is 15.1 Å². The number of thioether (sulfide) groups is 1. The molecule has 3 rings (SSSR count). The highest BCUT2D eigenvalue weighted by Gasteiger charge is 2.40. The number of phenolic OH excluding ortho intramolecular Hbond substituents is 1. The summed E-state index contributed by atoms with van der Waals surface area (Å²) >= 11 is 1.60. The van der Waals surface area contributed by atoms with Gasteiger partial charge in [0, 0.05) is 42.0 Å². The van der Waals surface area contributed by atoms with Crippen molar-refractivity contribution in [1.29, 1.82) is 0 Å². The fourth-order valence-corrected chi connectivity index (χ4v) is 5.18. The van der Waals surface area contributed by atoms with Gasteiger partial charge >= 0.3 is 5.97 Å². The number of fused-ring (bicyclic) bond motifs is 1. The Balaban J connectivity index is 1.94. The Bertz CT molecular complexity index is 815. The van der Waals surface area contributed by atoms with E-state index in [4.69, 9.17) is 4.99 Å². The van der Waals surface area contributed by atoms with Gasteiger partial charge in [0.2, 0.25) is 0 Å². The third-order valence-electron chi connectivity index (χ3n) is 5.30. The molecule has 1 fully saturated rings. The zero-order valence-electron chi connectivity index (χ0n) is 17.0. The molecule has 1 aromatic rings. The van der Waals surface area contributed by atoms with Crippen LogP contribution in [0.15, 0.2) is 28.2 Å². The number of nitrogens with zero attached hydrogens (tertiary/aromatic N) is 3. The molecule has 2 atom stereocenters. The molecular formula is C21H29N3O3S. The van der Waals surface area contributed by atoms with Crippen molar-refractivity contribution in [2.45, 2.75) is 51.8 Å². The number of carbonyl (C=O) groups is 1. The van der Waals surface area contributed by atoms with Gasteiger partial charge in [-0.25, -0.2) is 4.79 Å². The third-order valence-corrected chi connectivity index (χ3v) is 6.69. The summed E-state index contributed by atoms with van der Waals surface area (Å²) in [6.45, 7) is 10.2. The second-order valence-electron chi connectivity index (χ2n) is 8.15. The van der Waals surface area contributed by atoms with E-state index in [2.05, 4.69) is 37.6 Å². The number of anilines is 1. The van der Waals surface area contributed by atoms with Crippen LogP contribution in [0.25, 0.3) is 0 Å². The van der Waals surface area contributed by atoms with E-state index in [9.17, 15) is 15.0 Å². The number of carboxylic acids is 1. The molecule has 1 aromatic carbocycles. The third kappa shape index (κ3) is 4.35. The van der Waals surface area contributed by atoms with E-state index >= 15 is 0 Å². The molecule has 28 heavy (non-hydrogen) atoms. The first-order valence-corrected chi connectivity index (χ1v) is 10.9. The van der Waals surface area contributed by atoms with Crippen LogP contribution < -0.4 is 4.90 Å². The van der Waals surface area contributed by atoms with Crippen LogP contribution in [0.5, 0.6) is 5.75 Å². The zero-order valence-corrected chi connectivity index (χ0v) is 17.8. The van der Waals surface area contributed by atoms with Gasteiger partial charge in [0.05, 0.1) is 5.25 Å². The lowest BCUT2D eigenvalue weighted by Gasteiger charge is -2.39. The second kappa shape index (κ2) is 8.15. The second-order valence-corrected chi connectivity index (χ2v) is 9.29. The predicted molar refractivity (Wildman–Crippen MR) is 117 cm³/mol. The molecule has 0 amide bonds. The van der Waals surface area contributed by atoms with E-state index in [1.54, 1.807) is 17.8 Å². The highest BCUT2D eigenvalue weighted by molar-refractivity contribution is 8.01. The van der Waals surface area contributed by atoms with Gasteiger partial charge in [-0.3, -0.25) is 9.98 Å². The SMILES string of the molecule is CCN(CC)c1ccc(N=C2CC(C)(C)CC3=NC(C(=O)O)CSC23)c(O)c1. The Morgan fingerprint density at radius 2 is 2.04 bits per heavy atom. The first-order valence-electron chi connectivity index (χ1n) is 9.80. The molecule has 152 valence electrons. The van der Waals surface area contributed by atoms with Crippen LogP contribution in [0.1, 0.15) is 40.5 Å². The first kappa shape index (κ1) is 20.7. The van der Waals surface area contributed by atoms with E-state index in [-0.39, 0.29) is 16.4 Å². The average Bonchev–Trinajstić information content (AvgIpc) is 2.63. The molecule has 0 spiro atoms. The predicted octanol–water partition coefficient (Wildman–Crippen LogP) is 4.14. The highest BCUT2D eigenvalue weighted by atomic mass is 32.2. The Morgan fingerprint density at radius 1 is 1.32 bits per heavy atom. The minimum absolute atomic E-state index is 0.00508. The van der Waals surface area contributed by atoms with Crippen molar-refractivity contribution in [2.24, 2.45) is 15.4 Å². The highest BCUT2D eigenvalue weighted by Crippen LogP contribution is 2.41. The Kier molecular flexibility index (Phi) is 6.03. The number of phenols is 1. The molecular weight excluding hydrogens is 374 g/mol. The smallest absolute Gasteiger partial charge is 0.329 e. The van der Waals surface area contributed by atoms with Crippen molar-refractivity contribution in [3.63, 3.8) is 0 Å². The lowest BCUT2D eigenvalue weighted by atomic mass is 9.75. The van der Waals surface area contributed by atoms with Gasteiger partial charge in [0.15, 0.2) is 6.04 Å². The Morgan fingerprint density at radius 3 is 2.64 bits per heavy atom. The molecule has 0 bridgehead atoms. The van der Waals surface area contributed by atoms with Crippen molar-refractivity contribution < 1.29 is 15.0 Å². The molecule has 0 aromatic heterocycles. The van der Waals surface area contributed by atoms with E-state index in [1.807, 2.05) is 12.1 Å². The summed E-state index contributed by atoms with van der Waals surface area (Å²) in [7, 11) is 0. The lowest BCUT2D eigenvalue weighted by Crippen LogP contribution is -2.44. The molecule has 6 nitrogen and oxygen atoms in total. The summed E-state index contributed by atoms with van der Waals surface area (Å²) in [5.41, 5.74) is 3.39. The number of benzene rings is 1. The number of rotatable bonds is 5. The molecule has 0 saturated heterocycles. The summed E-state index contributed by atoms with van der Waals surface area (Å²) in [4.78, 5) is 22.9. The van der Waals surface area contributed by atoms with Crippen LogP contribution >= 0.6 is 11.8 Å². The maximum atomic E-state index is 11.4. The number of aliphatic carboxylic acids is 1. The summed E-state index contributed by atoms with van der Waals surface area (Å²) in [5, 5.41) is 19.9. The molecule has 1 saturated carbocycles. The number of hydrogen-bond acceptors (Lipinski definition) is 6. The maximum absolute atomic E-state index is 11.4. The van der Waals surface area contributed by atoms with E-state index < -0.39 is 12.0 Å². The van der Waals surface area contributed by atoms with Gasteiger partial charge in [-0.05, 0) is 44.2 Å². The normalized spacial score (nSPS) is 25.1. The van der Waals surface area contributed by atoms with Crippen LogP contribution in [0, 0.1) is 5.41 Å². The minimum Gasteiger partial charge on any atom is -0.506 e.